The van der Waals surface area contributed by atoms with E-state index in [0.29, 0.717) is 46.2 Å². The van der Waals surface area contributed by atoms with Gasteiger partial charge in [0.1, 0.15) is 6.61 Å². The van der Waals surface area contributed by atoms with E-state index in [9.17, 15) is 4.79 Å². The van der Waals surface area contributed by atoms with Crippen LogP contribution in [0.1, 0.15) is 14.8 Å². The van der Waals surface area contributed by atoms with Gasteiger partial charge in [0.2, 0.25) is 5.91 Å². The maximum atomic E-state index is 10.8. The zero-order valence-electron chi connectivity index (χ0n) is 13.2. The molecule has 0 aliphatic heterocycles. The number of nitrogens with one attached hydrogen (secondary N) is 1. The van der Waals surface area contributed by atoms with E-state index in [2.05, 4.69) is 5.32 Å². The molecule has 0 aromatic carbocycles. The lowest BCUT2D eigenvalue weighted by molar-refractivity contribution is -0.125. The van der Waals surface area contributed by atoms with Crippen LogP contribution in [-0.2, 0) is 28.5 Å². The number of carbonyl (C=O) groups excluding carboxylic acids is 1. The molecule has 0 saturated heterocycles. The molecule has 7 heteroatoms. The van der Waals surface area contributed by atoms with E-state index in [-0.39, 0.29) is 13.9 Å². The quantitative estimate of drug-likeness (QED) is 0.418. The molecule has 0 bridgehead atoms. The van der Waals surface area contributed by atoms with E-state index < -0.39 is 0 Å². The topological polar surface area (TPSA) is 75.2 Å². The molecule has 0 saturated carbocycles. The summed E-state index contributed by atoms with van der Waals surface area (Å²) in [6.45, 7) is 7.26. The molecule has 128 valence electrons. The predicted molar refractivity (Wildman–Crippen MR) is 80.6 cm³/mol. The fourth-order valence-electron chi connectivity index (χ4n) is 1.30. The van der Waals surface area contributed by atoms with E-state index in [1.54, 1.807) is 7.05 Å². The van der Waals surface area contributed by atoms with Crippen LogP contribution in [0.3, 0.4) is 0 Å². The van der Waals surface area contributed by atoms with Crippen molar-refractivity contribution < 1.29 is 29.9 Å². The van der Waals surface area contributed by atoms with Crippen LogP contribution in [-0.4, -0.2) is 79.0 Å². The first-order valence-corrected chi connectivity index (χ1v) is 7.40. The molecule has 21 heavy (non-hydrogen) atoms. The van der Waals surface area contributed by atoms with Crippen LogP contribution in [0.4, 0.5) is 0 Å². The van der Waals surface area contributed by atoms with Gasteiger partial charge in [-0.15, -0.1) is 0 Å². The van der Waals surface area contributed by atoms with E-state index in [0.717, 1.165) is 19.6 Å². The Morgan fingerprint density at radius 2 is 1.29 bits per heavy atom. The Labute approximate surface area is 128 Å². The summed E-state index contributed by atoms with van der Waals surface area (Å²) < 4.78 is 26.3. The smallest absolute Gasteiger partial charge is 0.245 e. The molecular weight excluding hydrogens is 278 g/mol. The average molecular weight is 309 g/mol. The monoisotopic (exact) mass is 309 g/mol. The molecule has 0 heterocycles. The number of hydrogen-bond acceptors (Lipinski definition) is 6. The van der Waals surface area contributed by atoms with Gasteiger partial charge in [0.15, 0.2) is 0 Å². The molecule has 1 amide bonds. The third kappa shape index (κ3) is 17.2. The summed E-state index contributed by atoms with van der Waals surface area (Å²) in [6.07, 6.45) is 0.910. The van der Waals surface area contributed by atoms with Crippen molar-refractivity contribution in [3.8, 4) is 0 Å². The van der Waals surface area contributed by atoms with Crippen LogP contribution in [0.25, 0.3) is 0 Å². The lowest BCUT2D eigenvalue weighted by Gasteiger charge is -2.07. The molecule has 0 aromatic heterocycles. The summed E-state index contributed by atoms with van der Waals surface area (Å²) in [7, 11) is 1.57. The molecule has 0 atom stereocenters. The van der Waals surface area contributed by atoms with Crippen LogP contribution < -0.4 is 5.32 Å². The highest BCUT2D eigenvalue weighted by Gasteiger charge is 1.97. The number of rotatable bonds is 16. The van der Waals surface area contributed by atoms with Crippen LogP contribution >= 0.6 is 0 Å². The predicted octanol–water partition coefficient (Wildman–Crippen LogP) is 0.471. The molecule has 0 radical (unpaired) electrons. The molecule has 1 N–H and O–H groups in total. The molecule has 0 unspecified atom stereocenters. The third-order valence-electron chi connectivity index (χ3n) is 2.41. The lowest BCUT2D eigenvalue weighted by atomic mass is 10.5. The summed E-state index contributed by atoms with van der Waals surface area (Å²) >= 11 is 0. The van der Waals surface area contributed by atoms with Crippen LogP contribution in [0.5, 0.6) is 0 Å². The van der Waals surface area contributed by atoms with Crippen LogP contribution in [0.15, 0.2) is 0 Å². The maximum Gasteiger partial charge on any atom is 0.245 e. The van der Waals surface area contributed by atoms with Crippen molar-refractivity contribution >= 4 is 5.91 Å². The van der Waals surface area contributed by atoms with Gasteiger partial charge in [-0.25, -0.2) is 0 Å². The minimum atomic E-state index is -0.139. The first kappa shape index (κ1) is 20.3. The molecule has 0 rings (SSSR count). The van der Waals surface area contributed by atoms with Crippen molar-refractivity contribution in [2.24, 2.45) is 0 Å². The number of hydrogen-bond donors (Lipinski definition) is 1. The summed E-state index contributed by atoms with van der Waals surface area (Å²) in [5.74, 6) is -0.139. The second kappa shape index (κ2) is 17.3. The van der Waals surface area contributed by atoms with Crippen molar-refractivity contribution in [3.63, 3.8) is 0 Å². The zero-order chi connectivity index (χ0) is 15.6. The lowest BCUT2D eigenvalue weighted by Crippen LogP contribution is -2.24. The second-order valence-electron chi connectivity index (χ2n) is 4.11. The number of likely N-dealkylation sites (N-methyl/N-ethyl adjacent to an activating group) is 1. The largest absolute Gasteiger partial charge is 0.382 e. The second-order valence-corrected chi connectivity index (χ2v) is 4.11. The van der Waals surface area contributed by atoms with Crippen molar-refractivity contribution in [1.29, 1.82) is 0 Å². The van der Waals surface area contributed by atoms with Gasteiger partial charge in [-0.3, -0.25) is 4.79 Å². The van der Waals surface area contributed by atoms with Gasteiger partial charge in [-0.05, 0) is 13.3 Å². The number of amides is 1. The number of carbonyl (C=O) groups is 1. The molecule has 0 spiro atoms. The first-order chi connectivity index (χ1) is 10.3. The Hall–Kier alpha value is -0.730. The molecule has 0 aliphatic rings. The van der Waals surface area contributed by atoms with E-state index in [1.165, 1.54) is 0 Å². The van der Waals surface area contributed by atoms with Gasteiger partial charge in [0.05, 0.1) is 39.6 Å². The van der Waals surface area contributed by atoms with Crippen molar-refractivity contribution in [2.75, 3.05) is 73.1 Å². The van der Waals surface area contributed by atoms with Crippen molar-refractivity contribution in [2.45, 2.75) is 13.3 Å². The van der Waals surface area contributed by atoms with E-state index >= 15 is 0 Å². The summed E-state index contributed by atoms with van der Waals surface area (Å²) in [5, 5.41) is 2.47. The average Bonchev–Trinajstić information content (AvgIpc) is 2.50. The van der Waals surface area contributed by atoms with Crippen LogP contribution in [0, 0.1) is 0 Å². The molecule has 0 fully saturated rings. The minimum Gasteiger partial charge on any atom is -0.382 e. The van der Waals surface area contributed by atoms with Crippen LogP contribution in [0.2, 0.25) is 0 Å². The Morgan fingerprint density at radius 1 is 0.810 bits per heavy atom. The fraction of sp³-hybridized carbons (Fsp3) is 0.929. The third-order valence-corrected chi connectivity index (χ3v) is 2.41. The van der Waals surface area contributed by atoms with Gasteiger partial charge >= 0.3 is 0 Å². The highest BCUT2D eigenvalue weighted by atomic mass is 16.6. The standard InChI is InChI=1S/C14H29NO6.H2/c1-3-17-5-4-6-18-7-8-19-9-10-20-11-12-21-13-14(16)15-2;/h3-13H2,1-2H3,(H,15,16);1H. The highest BCUT2D eigenvalue weighted by Crippen LogP contribution is 1.86. The molecular formula is C14H31NO6. The Kier molecular flexibility index (Phi) is 16.7. The first-order valence-electron chi connectivity index (χ1n) is 7.40. The Bertz CT molecular complexity index is 233. The molecule has 0 aromatic rings. The zero-order valence-corrected chi connectivity index (χ0v) is 13.2. The van der Waals surface area contributed by atoms with Gasteiger partial charge in [-0.1, -0.05) is 0 Å². The SMILES string of the molecule is CCOCCCOCCOCCOCCOCC(=O)NC.[HH]. The van der Waals surface area contributed by atoms with Gasteiger partial charge in [-0.2, -0.15) is 0 Å². The summed E-state index contributed by atoms with van der Waals surface area (Å²) in [6, 6.07) is 0. The van der Waals surface area contributed by atoms with Crippen molar-refractivity contribution in [1.82, 2.24) is 5.32 Å². The summed E-state index contributed by atoms with van der Waals surface area (Å²) in [5.41, 5.74) is 0. The van der Waals surface area contributed by atoms with E-state index in [4.69, 9.17) is 23.7 Å². The van der Waals surface area contributed by atoms with Gasteiger partial charge in [0, 0.05) is 28.3 Å². The molecule has 0 aliphatic carbocycles. The Balaban J connectivity index is 0. The Morgan fingerprint density at radius 3 is 1.81 bits per heavy atom. The minimum absolute atomic E-state index is 0. The maximum absolute atomic E-state index is 10.8. The highest BCUT2D eigenvalue weighted by molar-refractivity contribution is 5.76. The van der Waals surface area contributed by atoms with E-state index in [1.807, 2.05) is 6.92 Å². The molecule has 7 nitrogen and oxygen atoms in total. The van der Waals surface area contributed by atoms with Gasteiger partial charge < -0.3 is 29.0 Å². The normalized spacial score (nSPS) is 10.8. The van der Waals surface area contributed by atoms with Gasteiger partial charge in [0.25, 0.3) is 0 Å². The summed E-state index contributed by atoms with van der Waals surface area (Å²) in [4.78, 5) is 10.8. The number of ether oxygens (including phenoxy) is 5. The van der Waals surface area contributed by atoms with Crippen molar-refractivity contribution in [3.05, 3.63) is 0 Å². The fourth-order valence-corrected chi connectivity index (χ4v) is 1.30.